The number of aromatic nitrogens is 1. The number of piperidine rings is 1. The molecule has 5 nitrogen and oxygen atoms in total. The molecule has 2 aliphatic rings. The number of hydrogen-bond donors (Lipinski definition) is 1. The fraction of sp³-hybridized carbons (Fsp3) is 0.400. The van der Waals surface area contributed by atoms with Gasteiger partial charge in [0.25, 0.3) is 0 Å². The number of rotatable bonds is 3. The molecule has 1 N–H and O–H groups in total. The lowest BCUT2D eigenvalue weighted by atomic mass is 9.52. The number of hydrogen-bond acceptors (Lipinski definition) is 4. The first kappa shape index (κ1) is 19.0. The summed E-state index contributed by atoms with van der Waals surface area (Å²) in [6.07, 6.45) is 2.49. The zero-order valence-electron chi connectivity index (χ0n) is 17.6. The Kier molecular flexibility index (Phi) is 3.98. The van der Waals surface area contributed by atoms with E-state index in [0.29, 0.717) is 41.1 Å². The number of carbonyl (C=O) groups is 2. The van der Waals surface area contributed by atoms with Gasteiger partial charge in [0.05, 0.1) is 0 Å². The quantitative estimate of drug-likeness (QED) is 0.648. The van der Waals surface area contributed by atoms with Gasteiger partial charge in [-0.2, -0.15) is 0 Å². The topological polar surface area (TPSA) is 72.2 Å². The van der Waals surface area contributed by atoms with Gasteiger partial charge in [-0.25, -0.2) is 4.98 Å². The van der Waals surface area contributed by atoms with E-state index in [1.54, 1.807) is 12.1 Å². The largest absolute Gasteiger partial charge is 0.440 e. The van der Waals surface area contributed by atoms with E-state index in [1.165, 1.54) is 0 Å². The summed E-state index contributed by atoms with van der Waals surface area (Å²) in [6, 6.07) is 14.7. The van der Waals surface area contributed by atoms with Crippen molar-refractivity contribution >= 4 is 22.8 Å². The Morgan fingerprint density at radius 3 is 2.47 bits per heavy atom. The lowest BCUT2D eigenvalue weighted by molar-refractivity contribution is -0.143. The van der Waals surface area contributed by atoms with Gasteiger partial charge in [-0.05, 0) is 42.9 Å². The maximum atomic E-state index is 12.8. The van der Waals surface area contributed by atoms with E-state index in [4.69, 9.17) is 9.40 Å². The Hall–Kier alpha value is -2.95. The number of amides is 1. The van der Waals surface area contributed by atoms with Crippen molar-refractivity contribution in [1.82, 2.24) is 10.3 Å². The molecule has 0 spiro atoms. The van der Waals surface area contributed by atoms with Gasteiger partial charge in [0.15, 0.2) is 11.4 Å². The van der Waals surface area contributed by atoms with Crippen molar-refractivity contribution in [2.24, 2.45) is 10.8 Å². The second kappa shape index (κ2) is 6.27. The van der Waals surface area contributed by atoms with Crippen molar-refractivity contribution in [3.63, 3.8) is 0 Å². The second-order valence-electron chi connectivity index (χ2n) is 10.0. The molecule has 5 heteroatoms. The van der Waals surface area contributed by atoms with E-state index < -0.39 is 5.41 Å². The van der Waals surface area contributed by atoms with E-state index in [2.05, 4.69) is 26.1 Å². The van der Waals surface area contributed by atoms with E-state index >= 15 is 0 Å². The Morgan fingerprint density at radius 1 is 0.967 bits per heavy atom. The van der Waals surface area contributed by atoms with Crippen molar-refractivity contribution < 1.29 is 14.0 Å². The fourth-order valence-corrected chi connectivity index (χ4v) is 5.96. The van der Waals surface area contributed by atoms with Crippen molar-refractivity contribution in [2.45, 2.75) is 45.4 Å². The number of nitrogens with zero attached hydrogens (tertiary/aromatic N) is 1. The first-order valence-electron chi connectivity index (χ1n) is 10.5. The molecule has 1 aliphatic heterocycles. The average molecular weight is 402 g/mol. The Bertz CT molecular complexity index is 1170. The first-order chi connectivity index (χ1) is 14.2. The van der Waals surface area contributed by atoms with E-state index in [0.717, 1.165) is 12.8 Å². The molecule has 154 valence electrons. The van der Waals surface area contributed by atoms with E-state index in [9.17, 15) is 9.59 Å². The molecule has 2 bridgehead atoms. The van der Waals surface area contributed by atoms with E-state index in [-0.39, 0.29) is 22.5 Å². The SMILES string of the molecule is CC1(c2nc3cc(C(=O)c4ccccc4)ccc3o2)C[C@]2(C)CNC(=O)[C@](C)(C1)C2. The van der Waals surface area contributed by atoms with Crippen LogP contribution >= 0.6 is 0 Å². The van der Waals surface area contributed by atoms with Gasteiger partial charge >= 0.3 is 0 Å². The molecular weight excluding hydrogens is 376 g/mol. The molecule has 5 rings (SSSR count). The third-order valence-corrected chi connectivity index (χ3v) is 6.84. The summed E-state index contributed by atoms with van der Waals surface area (Å²) in [5, 5.41) is 3.09. The summed E-state index contributed by atoms with van der Waals surface area (Å²) in [7, 11) is 0. The zero-order valence-corrected chi connectivity index (χ0v) is 17.6. The summed E-state index contributed by atoms with van der Waals surface area (Å²) in [5.41, 5.74) is 1.87. The molecule has 1 amide bonds. The Labute approximate surface area is 175 Å². The molecule has 1 aromatic heterocycles. The van der Waals surface area contributed by atoms with Crippen LogP contribution in [0.2, 0.25) is 0 Å². The monoisotopic (exact) mass is 402 g/mol. The molecule has 1 saturated heterocycles. The van der Waals surface area contributed by atoms with E-state index in [1.807, 2.05) is 36.4 Å². The molecule has 30 heavy (non-hydrogen) atoms. The third-order valence-electron chi connectivity index (χ3n) is 6.84. The fourth-order valence-electron chi connectivity index (χ4n) is 5.96. The number of ketones is 1. The molecule has 3 atom stereocenters. The van der Waals surface area contributed by atoms with Crippen molar-refractivity contribution in [1.29, 1.82) is 0 Å². The lowest BCUT2D eigenvalue weighted by Gasteiger charge is -2.54. The minimum absolute atomic E-state index is 0.0186. The van der Waals surface area contributed by atoms with Crippen LogP contribution in [0.5, 0.6) is 0 Å². The first-order valence-corrected chi connectivity index (χ1v) is 10.5. The molecule has 2 heterocycles. The Morgan fingerprint density at radius 2 is 1.70 bits per heavy atom. The molecule has 2 fully saturated rings. The highest BCUT2D eigenvalue weighted by molar-refractivity contribution is 6.10. The highest BCUT2D eigenvalue weighted by Gasteiger charge is 2.57. The molecule has 1 saturated carbocycles. The highest BCUT2D eigenvalue weighted by atomic mass is 16.3. The zero-order chi connectivity index (χ0) is 21.1. The molecule has 0 radical (unpaired) electrons. The number of carbonyl (C=O) groups excluding carboxylic acids is 2. The second-order valence-corrected chi connectivity index (χ2v) is 10.0. The minimum atomic E-state index is -0.422. The van der Waals surface area contributed by atoms with Gasteiger partial charge in [0.1, 0.15) is 5.52 Å². The van der Waals surface area contributed by atoms with Crippen LogP contribution in [0.25, 0.3) is 11.1 Å². The summed E-state index contributed by atoms with van der Waals surface area (Å²) in [5.74, 6) is 0.753. The Balaban J connectivity index is 1.52. The number of nitrogens with one attached hydrogen (secondary N) is 1. The highest BCUT2D eigenvalue weighted by Crippen LogP contribution is 2.56. The van der Waals surface area contributed by atoms with Crippen LogP contribution in [-0.2, 0) is 10.2 Å². The summed E-state index contributed by atoms with van der Waals surface area (Å²) in [4.78, 5) is 30.2. The van der Waals surface area contributed by atoms with Gasteiger partial charge in [-0.1, -0.05) is 51.1 Å². The summed E-state index contributed by atoms with van der Waals surface area (Å²) in [6.45, 7) is 7.13. The van der Waals surface area contributed by atoms with Gasteiger partial charge in [-0.15, -0.1) is 0 Å². The van der Waals surface area contributed by atoms with Gasteiger partial charge in [0, 0.05) is 28.5 Å². The number of oxazole rings is 1. The summed E-state index contributed by atoms with van der Waals surface area (Å²) >= 11 is 0. The minimum Gasteiger partial charge on any atom is -0.440 e. The predicted octanol–water partition coefficient (Wildman–Crippen LogP) is 4.64. The van der Waals surface area contributed by atoms with Gasteiger partial charge in [0.2, 0.25) is 11.8 Å². The summed E-state index contributed by atoms with van der Waals surface area (Å²) < 4.78 is 6.19. The van der Waals surface area contributed by atoms with Gasteiger partial charge < -0.3 is 9.73 Å². The predicted molar refractivity (Wildman–Crippen MR) is 114 cm³/mol. The maximum absolute atomic E-state index is 12.8. The molecule has 1 unspecified atom stereocenters. The van der Waals surface area contributed by atoms with Crippen molar-refractivity contribution in [3.05, 3.63) is 65.5 Å². The third kappa shape index (κ3) is 2.95. The van der Waals surface area contributed by atoms with Crippen LogP contribution in [0.15, 0.2) is 52.9 Å². The van der Waals surface area contributed by atoms with Crippen LogP contribution in [0.4, 0.5) is 0 Å². The normalized spacial score (nSPS) is 30.8. The average Bonchev–Trinajstić information content (AvgIpc) is 3.15. The molecule has 2 aromatic carbocycles. The van der Waals surface area contributed by atoms with Crippen LogP contribution in [0.1, 0.15) is 61.8 Å². The van der Waals surface area contributed by atoms with Crippen molar-refractivity contribution in [3.8, 4) is 0 Å². The van der Waals surface area contributed by atoms with Gasteiger partial charge in [-0.3, -0.25) is 9.59 Å². The van der Waals surface area contributed by atoms with Crippen LogP contribution < -0.4 is 5.32 Å². The molecular formula is C25H26N2O3. The standard InChI is InChI=1S/C25H26N2O3/c1-23-12-24(2,21(29)26-15-23)14-25(3,13-23)22-27-18-11-17(9-10-19(18)30-22)20(28)16-7-5-4-6-8-16/h4-11H,12-15H2,1-3H3,(H,26,29)/t23-,24+,25?/m1/s1. The van der Waals surface area contributed by atoms with Crippen LogP contribution in [0.3, 0.4) is 0 Å². The molecule has 3 aromatic rings. The van der Waals surface area contributed by atoms with Crippen molar-refractivity contribution in [2.75, 3.05) is 6.54 Å². The molecule has 1 aliphatic carbocycles. The maximum Gasteiger partial charge on any atom is 0.226 e. The van der Waals surface area contributed by atoms with Crippen LogP contribution in [-0.4, -0.2) is 23.2 Å². The number of benzene rings is 2. The lowest BCUT2D eigenvalue weighted by Crippen LogP contribution is -2.59. The smallest absolute Gasteiger partial charge is 0.226 e. The number of fused-ring (bicyclic) bond motifs is 3. The van der Waals surface area contributed by atoms with Crippen LogP contribution in [0, 0.1) is 10.8 Å².